The number of hydrogen-bond donors (Lipinski definition) is 1. The Hall–Kier alpha value is -2.62. The maximum absolute atomic E-state index is 13.7. The largest absolute Gasteiger partial charge is 0.416 e. The van der Waals surface area contributed by atoms with Gasteiger partial charge in [-0.05, 0) is 36.8 Å². The molecule has 1 N–H and O–H groups in total. The Kier molecular flexibility index (Phi) is 6.88. The minimum absolute atomic E-state index is 0.106. The average molecular weight is 458 g/mol. The fraction of sp³-hybridized carbons (Fsp3) is 0.333. The molecule has 2 amide bonds. The molecule has 0 saturated heterocycles. The van der Waals surface area contributed by atoms with Gasteiger partial charge in [0.05, 0.1) is 16.8 Å². The van der Waals surface area contributed by atoms with Crippen LogP contribution in [0, 0.1) is 11.6 Å². The molecular formula is C21H19F5N2O2S. The molecule has 0 bridgehead atoms. The Morgan fingerprint density at radius 3 is 2.58 bits per heavy atom. The van der Waals surface area contributed by atoms with Crippen LogP contribution >= 0.6 is 11.8 Å². The molecule has 10 heteroatoms. The van der Waals surface area contributed by atoms with Crippen LogP contribution in [0.3, 0.4) is 0 Å². The van der Waals surface area contributed by atoms with Crippen LogP contribution in [0.25, 0.3) is 0 Å². The number of halogens is 5. The molecule has 4 nitrogen and oxygen atoms in total. The topological polar surface area (TPSA) is 49.4 Å². The summed E-state index contributed by atoms with van der Waals surface area (Å²) in [6.45, 7) is 2.02. The molecule has 0 aromatic heterocycles. The van der Waals surface area contributed by atoms with Crippen LogP contribution in [0.15, 0.2) is 41.3 Å². The normalized spacial score (nSPS) is 16.5. The third kappa shape index (κ3) is 5.55. The van der Waals surface area contributed by atoms with Crippen LogP contribution < -0.4 is 10.2 Å². The van der Waals surface area contributed by atoms with Gasteiger partial charge in [0.2, 0.25) is 5.91 Å². The summed E-state index contributed by atoms with van der Waals surface area (Å²) in [7, 11) is 0. The minimum atomic E-state index is -4.54. The number of rotatable bonds is 4. The van der Waals surface area contributed by atoms with E-state index >= 15 is 0 Å². The molecule has 0 aliphatic carbocycles. The SMILES string of the molecule is CC1CCN(C(=O)CCNC(=O)c2ccc(F)cc2F)c2cc(C(F)(F)F)ccc2S1. The number of nitrogens with zero attached hydrogens (tertiary/aromatic N) is 1. The fourth-order valence-corrected chi connectivity index (χ4v) is 4.25. The highest BCUT2D eigenvalue weighted by molar-refractivity contribution is 8.00. The number of benzene rings is 2. The van der Waals surface area contributed by atoms with Crippen LogP contribution in [0.1, 0.15) is 35.7 Å². The zero-order valence-electron chi connectivity index (χ0n) is 16.4. The number of carbonyl (C=O) groups excluding carboxylic acids is 2. The van der Waals surface area contributed by atoms with Gasteiger partial charge in [0.25, 0.3) is 5.91 Å². The van der Waals surface area contributed by atoms with E-state index in [9.17, 15) is 31.5 Å². The van der Waals surface area contributed by atoms with Crippen LogP contribution in [0.4, 0.5) is 27.6 Å². The van der Waals surface area contributed by atoms with E-state index in [0.717, 1.165) is 24.3 Å². The third-order valence-corrected chi connectivity index (χ3v) is 6.00. The van der Waals surface area contributed by atoms with Crippen molar-refractivity contribution in [3.05, 3.63) is 59.2 Å². The molecule has 2 aromatic carbocycles. The first-order valence-electron chi connectivity index (χ1n) is 9.48. The van der Waals surface area contributed by atoms with E-state index in [1.807, 2.05) is 6.92 Å². The van der Waals surface area contributed by atoms with Gasteiger partial charge in [0.1, 0.15) is 11.6 Å². The molecular weight excluding hydrogens is 439 g/mol. The van der Waals surface area contributed by atoms with Gasteiger partial charge in [-0.2, -0.15) is 13.2 Å². The Balaban J connectivity index is 1.72. The lowest BCUT2D eigenvalue weighted by atomic mass is 10.1. The van der Waals surface area contributed by atoms with Crippen molar-refractivity contribution in [2.45, 2.75) is 36.1 Å². The summed E-state index contributed by atoms with van der Waals surface area (Å²) >= 11 is 1.40. The summed E-state index contributed by atoms with van der Waals surface area (Å²) in [5, 5.41) is 2.49. The van der Waals surface area contributed by atoms with Gasteiger partial charge in [-0.25, -0.2) is 8.78 Å². The Bertz CT molecular complexity index is 996. The zero-order valence-corrected chi connectivity index (χ0v) is 17.2. The van der Waals surface area contributed by atoms with Crippen molar-refractivity contribution in [2.75, 3.05) is 18.0 Å². The van der Waals surface area contributed by atoms with Gasteiger partial charge < -0.3 is 10.2 Å². The standard InChI is InChI=1S/C21H19F5N2O2S/c1-12-7-9-28(17-10-13(21(24,25)26)2-5-18(17)31-12)19(29)6-8-27-20(30)15-4-3-14(22)11-16(15)23/h2-5,10-12H,6-9H2,1H3,(H,27,30). The van der Waals surface area contributed by atoms with Crippen molar-refractivity contribution < 1.29 is 31.5 Å². The lowest BCUT2D eigenvalue weighted by Gasteiger charge is -2.24. The predicted molar refractivity (Wildman–Crippen MR) is 107 cm³/mol. The number of thioether (sulfide) groups is 1. The first kappa shape index (κ1) is 23.1. The van der Waals surface area contributed by atoms with E-state index in [1.165, 1.54) is 22.7 Å². The van der Waals surface area contributed by atoms with Gasteiger partial charge in [0.15, 0.2) is 0 Å². The Morgan fingerprint density at radius 1 is 1.16 bits per heavy atom. The molecule has 1 aliphatic rings. The van der Waals surface area contributed by atoms with E-state index < -0.39 is 35.2 Å². The molecule has 0 radical (unpaired) electrons. The molecule has 1 heterocycles. The molecule has 0 spiro atoms. The minimum Gasteiger partial charge on any atom is -0.351 e. The lowest BCUT2D eigenvalue weighted by Crippen LogP contribution is -2.35. The zero-order chi connectivity index (χ0) is 22.8. The highest BCUT2D eigenvalue weighted by Crippen LogP contribution is 2.41. The maximum Gasteiger partial charge on any atom is 0.416 e. The number of anilines is 1. The van der Waals surface area contributed by atoms with E-state index in [1.54, 1.807) is 0 Å². The first-order chi connectivity index (χ1) is 14.6. The monoisotopic (exact) mass is 458 g/mol. The van der Waals surface area contributed by atoms with Crippen molar-refractivity contribution in [3.8, 4) is 0 Å². The number of fused-ring (bicyclic) bond motifs is 1. The highest BCUT2D eigenvalue weighted by Gasteiger charge is 2.33. The molecule has 0 saturated carbocycles. The molecule has 3 rings (SSSR count). The second-order valence-electron chi connectivity index (χ2n) is 7.07. The molecule has 0 fully saturated rings. The third-order valence-electron chi connectivity index (χ3n) is 4.77. The van der Waals surface area contributed by atoms with Crippen molar-refractivity contribution in [1.29, 1.82) is 0 Å². The molecule has 31 heavy (non-hydrogen) atoms. The summed E-state index contributed by atoms with van der Waals surface area (Å²) < 4.78 is 66.1. The first-order valence-corrected chi connectivity index (χ1v) is 10.4. The second-order valence-corrected chi connectivity index (χ2v) is 8.55. The molecule has 1 atom stereocenters. The van der Waals surface area contributed by atoms with Gasteiger partial charge in [0, 0.05) is 35.7 Å². The smallest absolute Gasteiger partial charge is 0.351 e. The van der Waals surface area contributed by atoms with Crippen molar-refractivity contribution in [3.63, 3.8) is 0 Å². The van der Waals surface area contributed by atoms with E-state index in [-0.39, 0.29) is 36.0 Å². The quantitative estimate of drug-likeness (QED) is 0.655. The van der Waals surface area contributed by atoms with Gasteiger partial charge in [-0.15, -0.1) is 11.8 Å². The van der Waals surface area contributed by atoms with Crippen molar-refractivity contribution in [2.24, 2.45) is 0 Å². The second kappa shape index (κ2) is 9.25. The summed E-state index contributed by atoms with van der Waals surface area (Å²) in [6, 6.07) is 5.82. The summed E-state index contributed by atoms with van der Waals surface area (Å²) in [5.41, 5.74) is -1.03. The van der Waals surface area contributed by atoms with Crippen molar-refractivity contribution >= 4 is 29.3 Å². The average Bonchev–Trinajstić information content (AvgIpc) is 2.84. The molecule has 1 unspecified atom stereocenters. The fourth-order valence-electron chi connectivity index (χ4n) is 3.16. The summed E-state index contributed by atoms with van der Waals surface area (Å²) in [4.78, 5) is 26.7. The molecule has 1 aliphatic heterocycles. The summed E-state index contributed by atoms with van der Waals surface area (Å²) in [6.07, 6.45) is -4.15. The number of alkyl halides is 3. The van der Waals surface area contributed by atoms with Gasteiger partial charge in [-0.3, -0.25) is 9.59 Å². The van der Waals surface area contributed by atoms with E-state index in [4.69, 9.17) is 0 Å². The Morgan fingerprint density at radius 2 is 1.90 bits per heavy atom. The van der Waals surface area contributed by atoms with Crippen LogP contribution in [-0.2, 0) is 11.0 Å². The summed E-state index contributed by atoms with van der Waals surface area (Å²) in [5.74, 6) is -3.13. The van der Waals surface area contributed by atoms with Crippen LogP contribution in [0.2, 0.25) is 0 Å². The van der Waals surface area contributed by atoms with Crippen molar-refractivity contribution in [1.82, 2.24) is 5.32 Å². The van der Waals surface area contributed by atoms with Gasteiger partial charge in [-0.1, -0.05) is 6.92 Å². The maximum atomic E-state index is 13.7. The lowest BCUT2D eigenvalue weighted by molar-refractivity contribution is -0.137. The Labute approximate surface area is 179 Å². The number of hydrogen-bond acceptors (Lipinski definition) is 3. The van der Waals surface area contributed by atoms with E-state index in [2.05, 4.69) is 5.32 Å². The number of amides is 2. The molecule has 2 aromatic rings. The molecule has 166 valence electrons. The predicted octanol–water partition coefficient (Wildman–Crippen LogP) is 5.02. The van der Waals surface area contributed by atoms with Crippen LogP contribution in [-0.4, -0.2) is 30.2 Å². The number of carbonyl (C=O) groups is 2. The van der Waals surface area contributed by atoms with Crippen LogP contribution in [0.5, 0.6) is 0 Å². The van der Waals surface area contributed by atoms with E-state index in [0.29, 0.717) is 17.4 Å². The highest BCUT2D eigenvalue weighted by atomic mass is 32.2. The van der Waals surface area contributed by atoms with Gasteiger partial charge >= 0.3 is 6.18 Å². The number of nitrogens with one attached hydrogen (secondary N) is 1.